The maximum absolute atomic E-state index is 14.6. The van der Waals surface area contributed by atoms with E-state index in [1.165, 1.54) is 10.6 Å². The van der Waals surface area contributed by atoms with Crippen molar-refractivity contribution in [3.63, 3.8) is 0 Å². The Morgan fingerprint density at radius 2 is 1.70 bits per heavy atom. The van der Waals surface area contributed by atoms with Crippen molar-refractivity contribution in [1.82, 2.24) is 9.55 Å². The molecule has 0 spiro atoms. The molecule has 0 bridgehead atoms. The topological polar surface area (TPSA) is 30.4 Å². The van der Waals surface area contributed by atoms with E-state index in [-0.39, 0.29) is 22.9 Å². The molecule has 0 radical (unpaired) electrons. The molecular formula is C19H13ClF4N2O. The number of hydrogen-bond acceptors (Lipinski definition) is 2. The first kappa shape index (κ1) is 18.0. The monoisotopic (exact) mass is 396 g/mol. The summed E-state index contributed by atoms with van der Waals surface area (Å²) >= 11 is 6.10. The maximum atomic E-state index is 14.6. The second-order valence-corrected chi connectivity index (χ2v) is 6.79. The van der Waals surface area contributed by atoms with E-state index in [9.17, 15) is 17.6 Å². The summed E-state index contributed by atoms with van der Waals surface area (Å²) in [6.45, 7) is 3.38. The predicted molar refractivity (Wildman–Crippen MR) is 91.1 cm³/mol. The smallest absolute Gasteiger partial charge is 0.161 e. The molecule has 0 saturated carbocycles. The first-order chi connectivity index (χ1) is 12.7. The third-order valence-corrected chi connectivity index (χ3v) is 4.89. The molecule has 140 valence electrons. The van der Waals surface area contributed by atoms with Crippen molar-refractivity contribution >= 4 is 11.6 Å². The Labute approximate surface area is 157 Å². The van der Waals surface area contributed by atoms with Crippen molar-refractivity contribution in [2.75, 3.05) is 6.61 Å². The quantitative estimate of drug-likeness (QED) is 0.462. The number of nitrogens with zero attached hydrogens (tertiary/aromatic N) is 2. The normalized spacial score (nSPS) is 18.8. The number of halogens is 5. The van der Waals surface area contributed by atoms with Gasteiger partial charge in [0.15, 0.2) is 11.4 Å². The number of aromatic nitrogens is 2. The van der Waals surface area contributed by atoms with Gasteiger partial charge in [0.05, 0.1) is 23.0 Å². The van der Waals surface area contributed by atoms with Crippen LogP contribution >= 0.6 is 11.6 Å². The lowest BCUT2D eigenvalue weighted by Gasteiger charge is -2.19. The average Bonchev–Trinajstić information content (AvgIpc) is 3.28. The van der Waals surface area contributed by atoms with Crippen LogP contribution in [0.4, 0.5) is 17.6 Å². The lowest BCUT2D eigenvalue weighted by Crippen LogP contribution is -2.20. The van der Waals surface area contributed by atoms with Crippen molar-refractivity contribution in [1.29, 1.82) is 0 Å². The Kier molecular flexibility index (Phi) is 4.05. The van der Waals surface area contributed by atoms with Crippen LogP contribution in [0.25, 0.3) is 5.69 Å². The second kappa shape index (κ2) is 6.07. The minimum absolute atomic E-state index is 0.0992. The van der Waals surface area contributed by atoms with Crippen LogP contribution < -0.4 is 0 Å². The minimum Gasteiger partial charge on any atom is -0.358 e. The summed E-state index contributed by atoms with van der Waals surface area (Å²) in [4.78, 5) is 4.34. The molecular weight excluding hydrogens is 384 g/mol. The summed E-state index contributed by atoms with van der Waals surface area (Å²) in [6, 6.07) is 4.85. The van der Waals surface area contributed by atoms with Crippen molar-refractivity contribution in [2.24, 2.45) is 0 Å². The van der Waals surface area contributed by atoms with E-state index in [2.05, 4.69) is 4.98 Å². The molecule has 1 aromatic heterocycles. The number of imidazole rings is 1. The number of aryl methyl sites for hydroxylation is 2. The van der Waals surface area contributed by atoms with Crippen LogP contribution in [-0.4, -0.2) is 16.2 Å². The lowest BCUT2D eigenvalue weighted by molar-refractivity contribution is 0.331. The highest BCUT2D eigenvalue weighted by molar-refractivity contribution is 6.32. The van der Waals surface area contributed by atoms with Crippen LogP contribution in [0.2, 0.25) is 5.02 Å². The predicted octanol–water partition coefficient (Wildman–Crippen LogP) is 4.97. The van der Waals surface area contributed by atoms with Gasteiger partial charge in [-0.3, -0.25) is 4.57 Å². The zero-order valence-corrected chi connectivity index (χ0v) is 15.0. The molecule has 3 nitrogen and oxygen atoms in total. The Hall–Kier alpha value is -2.38. The average molecular weight is 397 g/mol. The van der Waals surface area contributed by atoms with E-state index in [0.717, 1.165) is 18.2 Å². The van der Waals surface area contributed by atoms with Crippen LogP contribution in [0.5, 0.6) is 0 Å². The summed E-state index contributed by atoms with van der Waals surface area (Å²) < 4.78 is 62.8. The second-order valence-electron chi connectivity index (χ2n) is 6.39. The highest BCUT2D eigenvalue weighted by atomic mass is 35.5. The molecule has 1 aliphatic rings. The summed E-state index contributed by atoms with van der Waals surface area (Å²) in [6.07, 6.45) is 0. The zero-order chi connectivity index (χ0) is 19.5. The first-order valence-electron chi connectivity index (χ1n) is 8.05. The van der Waals surface area contributed by atoms with Crippen LogP contribution in [0.3, 0.4) is 0 Å². The molecule has 8 heteroatoms. The minimum atomic E-state index is -1.26. The molecule has 1 aliphatic heterocycles. The molecule has 0 N–H and O–H groups in total. The lowest BCUT2D eigenvalue weighted by atomic mass is 9.94. The summed E-state index contributed by atoms with van der Waals surface area (Å²) in [5.74, 6) is -2.85. The molecule has 1 atom stereocenters. The van der Waals surface area contributed by atoms with Crippen molar-refractivity contribution in [2.45, 2.75) is 19.4 Å². The van der Waals surface area contributed by atoms with Crippen molar-refractivity contribution < 1.29 is 22.3 Å². The highest BCUT2D eigenvalue weighted by Gasteiger charge is 2.54. The van der Waals surface area contributed by atoms with Gasteiger partial charge in [0.2, 0.25) is 0 Å². The standard InChI is InChI=1S/C19H13ClF4N2O/c1-9-18(19(8-27-19)13-4-3-11(21)6-15(13)23)26(10(2)25-9)17-14(20)5-12(22)7-16(17)24/h3-7H,8H2,1-2H3. The Morgan fingerprint density at radius 3 is 2.30 bits per heavy atom. The fourth-order valence-electron chi connectivity index (χ4n) is 3.47. The van der Waals surface area contributed by atoms with Gasteiger partial charge in [0.25, 0.3) is 0 Å². The Morgan fingerprint density at radius 1 is 1.04 bits per heavy atom. The molecule has 27 heavy (non-hydrogen) atoms. The highest BCUT2D eigenvalue weighted by Crippen LogP contribution is 2.49. The van der Waals surface area contributed by atoms with E-state index >= 15 is 0 Å². The summed E-state index contributed by atoms with van der Waals surface area (Å²) in [5, 5.41) is -0.162. The van der Waals surface area contributed by atoms with Gasteiger partial charge >= 0.3 is 0 Å². The fraction of sp³-hybridized carbons (Fsp3) is 0.211. The largest absolute Gasteiger partial charge is 0.358 e. The third-order valence-electron chi connectivity index (χ3n) is 4.61. The van der Waals surface area contributed by atoms with Gasteiger partial charge in [-0.15, -0.1) is 0 Å². The molecule has 4 rings (SSSR count). The summed E-state index contributed by atoms with van der Waals surface area (Å²) in [7, 11) is 0. The first-order valence-corrected chi connectivity index (χ1v) is 8.43. The number of benzene rings is 2. The number of ether oxygens (including phenoxy) is 1. The van der Waals surface area contributed by atoms with Gasteiger partial charge < -0.3 is 4.74 Å². The van der Waals surface area contributed by atoms with Gasteiger partial charge in [-0.25, -0.2) is 22.5 Å². The van der Waals surface area contributed by atoms with E-state index in [1.54, 1.807) is 13.8 Å². The number of epoxide rings is 1. The molecule has 1 fully saturated rings. The van der Waals surface area contributed by atoms with Crippen LogP contribution in [0.1, 0.15) is 22.8 Å². The maximum Gasteiger partial charge on any atom is 0.161 e. The molecule has 0 aliphatic carbocycles. The van der Waals surface area contributed by atoms with E-state index < -0.39 is 28.9 Å². The van der Waals surface area contributed by atoms with Gasteiger partial charge in [0.1, 0.15) is 29.0 Å². The van der Waals surface area contributed by atoms with Gasteiger partial charge in [0, 0.05) is 17.7 Å². The molecule has 1 saturated heterocycles. The zero-order valence-electron chi connectivity index (χ0n) is 14.3. The molecule has 1 unspecified atom stereocenters. The third kappa shape index (κ3) is 2.73. The van der Waals surface area contributed by atoms with Crippen molar-refractivity contribution in [3.8, 4) is 5.69 Å². The SMILES string of the molecule is Cc1nc(C)n(-c2c(F)cc(F)cc2Cl)c1C1(c2ccc(F)cc2F)CO1. The van der Waals surface area contributed by atoms with Crippen LogP contribution in [0, 0.1) is 37.1 Å². The number of hydrogen-bond donors (Lipinski definition) is 0. The van der Waals surface area contributed by atoms with Gasteiger partial charge in [-0.2, -0.15) is 0 Å². The molecule has 2 heterocycles. The Balaban J connectivity index is 1.99. The Bertz CT molecular complexity index is 1050. The molecule has 0 amide bonds. The van der Waals surface area contributed by atoms with Crippen LogP contribution in [-0.2, 0) is 10.3 Å². The van der Waals surface area contributed by atoms with E-state index in [4.69, 9.17) is 16.3 Å². The number of rotatable bonds is 3. The molecule has 2 aromatic carbocycles. The summed E-state index contributed by atoms with van der Waals surface area (Å²) in [5.41, 5.74) is -0.436. The van der Waals surface area contributed by atoms with E-state index in [1.807, 2.05) is 0 Å². The van der Waals surface area contributed by atoms with Gasteiger partial charge in [-0.1, -0.05) is 11.6 Å². The fourth-order valence-corrected chi connectivity index (χ4v) is 3.75. The van der Waals surface area contributed by atoms with E-state index in [0.29, 0.717) is 23.3 Å². The van der Waals surface area contributed by atoms with Crippen molar-refractivity contribution in [3.05, 3.63) is 81.4 Å². The van der Waals surface area contributed by atoms with Crippen LogP contribution in [0.15, 0.2) is 30.3 Å². The molecule has 3 aromatic rings. The van der Waals surface area contributed by atoms with Gasteiger partial charge in [-0.05, 0) is 32.0 Å².